The summed E-state index contributed by atoms with van der Waals surface area (Å²) < 4.78 is 0. The van der Waals surface area contributed by atoms with E-state index < -0.39 is 6.04 Å². The van der Waals surface area contributed by atoms with Crippen LogP contribution in [0.5, 0.6) is 0 Å². The molecule has 5 heteroatoms. The summed E-state index contributed by atoms with van der Waals surface area (Å²) in [5.74, 6) is 0.846. The summed E-state index contributed by atoms with van der Waals surface area (Å²) >= 11 is 1.63. The smallest absolute Gasteiger partial charge is 0.244 e. The molecule has 2 amide bonds. The molecule has 0 saturated carbocycles. The molecule has 0 aliphatic heterocycles. The van der Waals surface area contributed by atoms with Crippen LogP contribution in [0.4, 0.5) is 0 Å². The van der Waals surface area contributed by atoms with Gasteiger partial charge in [-0.2, -0.15) is 0 Å². The van der Waals surface area contributed by atoms with E-state index in [0.717, 1.165) is 18.6 Å². The van der Waals surface area contributed by atoms with E-state index in [9.17, 15) is 9.59 Å². The molecule has 2 atom stereocenters. The molecule has 0 aromatic carbocycles. The number of amides is 2. The fourth-order valence-corrected chi connectivity index (χ4v) is 2.29. The molecule has 0 aliphatic carbocycles. The Morgan fingerprint density at radius 1 is 1.29 bits per heavy atom. The highest BCUT2D eigenvalue weighted by Crippen LogP contribution is 2.12. The molecule has 0 bridgehead atoms. The fraction of sp³-hybridized carbons (Fsp3) is 0.833. The zero-order valence-corrected chi connectivity index (χ0v) is 12.3. The lowest BCUT2D eigenvalue weighted by Crippen LogP contribution is -2.46. The lowest BCUT2D eigenvalue weighted by molar-refractivity contribution is -0.133. The predicted molar refractivity (Wildman–Crippen MR) is 73.1 cm³/mol. The first kappa shape index (κ1) is 16.3. The molecule has 17 heavy (non-hydrogen) atoms. The van der Waals surface area contributed by atoms with Crippen molar-refractivity contribution in [2.45, 2.75) is 44.9 Å². The second-order valence-corrected chi connectivity index (χ2v) is 5.78. The number of hydrogen-bond donors (Lipinski definition) is 1. The maximum atomic E-state index is 11.8. The Labute approximate surface area is 109 Å². The molecule has 4 nitrogen and oxygen atoms in total. The fourth-order valence-electron chi connectivity index (χ4n) is 1.26. The van der Waals surface area contributed by atoms with E-state index in [1.54, 1.807) is 32.8 Å². The lowest BCUT2D eigenvalue weighted by Gasteiger charge is -2.20. The van der Waals surface area contributed by atoms with Gasteiger partial charge in [-0.15, -0.1) is 11.8 Å². The van der Waals surface area contributed by atoms with Gasteiger partial charge in [0, 0.05) is 14.1 Å². The van der Waals surface area contributed by atoms with Gasteiger partial charge in [0.25, 0.3) is 0 Å². The highest BCUT2D eigenvalue weighted by molar-refractivity contribution is 8.00. The van der Waals surface area contributed by atoms with Crippen molar-refractivity contribution in [2.24, 2.45) is 0 Å². The summed E-state index contributed by atoms with van der Waals surface area (Å²) in [6.45, 7) is 5.72. The van der Waals surface area contributed by atoms with Gasteiger partial charge in [-0.3, -0.25) is 9.59 Å². The number of nitrogens with one attached hydrogen (secondary N) is 1. The van der Waals surface area contributed by atoms with E-state index in [0.29, 0.717) is 0 Å². The third kappa shape index (κ3) is 6.56. The second kappa shape index (κ2) is 8.39. The van der Waals surface area contributed by atoms with Gasteiger partial charge in [-0.25, -0.2) is 0 Å². The number of likely N-dealkylation sites (N-methyl/N-ethyl adjacent to an activating group) is 1. The number of hydrogen-bond acceptors (Lipinski definition) is 3. The van der Waals surface area contributed by atoms with Gasteiger partial charge in [0.1, 0.15) is 6.04 Å². The average Bonchev–Trinajstić information content (AvgIpc) is 2.27. The Morgan fingerprint density at radius 2 is 1.88 bits per heavy atom. The summed E-state index contributed by atoms with van der Waals surface area (Å²) in [5.41, 5.74) is 0. The van der Waals surface area contributed by atoms with Crippen LogP contribution < -0.4 is 5.32 Å². The first-order valence-corrected chi connectivity index (χ1v) is 7.08. The van der Waals surface area contributed by atoms with Crippen molar-refractivity contribution in [3.05, 3.63) is 0 Å². The number of unbranched alkanes of at least 4 members (excludes halogenated alkanes) is 1. The third-order valence-corrected chi connectivity index (χ3v) is 3.64. The summed E-state index contributed by atoms with van der Waals surface area (Å²) in [6, 6.07) is -0.452. The van der Waals surface area contributed by atoms with Crippen molar-refractivity contribution in [3.63, 3.8) is 0 Å². The van der Waals surface area contributed by atoms with Crippen molar-refractivity contribution >= 4 is 23.6 Å². The van der Waals surface area contributed by atoms with E-state index in [4.69, 9.17) is 0 Å². The quantitative estimate of drug-likeness (QED) is 0.706. The van der Waals surface area contributed by atoms with Crippen LogP contribution in [-0.4, -0.2) is 47.9 Å². The minimum Gasteiger partial charge on any atom is -0.347 e. The van der Waals surface area contributed by atoms with Crippen LogP contribution in [0.2, 0.25) is 0 Å². The highest BCUT2D eigenvalue weighted by Gasteiger charge is 2.20. The van der Waals surface area contributed by atoms with Crippen LogP contribution >= 0.6 is 11.8 Å². The van der Waals surface area contributed by atoms with Crippen molar-refractivity contribution in [1.82, 2.24) is 10.2 Å². The SMILES string of the molecule is CCCCS[C@H](C)C(=O)N[C@H](C)C(=O)N(C)C. The lowest BCUT2D eigenvalue weighted by atomic mass is 10.3. The Hall–Kier alpha value is -0.710. The first-order valence-electron chi connectivity index (χ1n) is 6.03. The normalized spacial score (nSPS) is 13.9. The molecule has 0 aromatic heterocycles. The maximum Gasteiger partial charge on any atom is 0.244 e. The standard InChI is InChI=1S/C12H24N2O2S/c1-6-7-8-17-10(3)11(15)13-9(2)12(16)14(4)5/h9-10H,6-8H2,1-5H3,(H,13,15)/t9-,10-/m1/s1. The summed E-state index contributed by atoms with van der Waals surface area (Å²) in [7, 11) is 3.37. The van der Waals surface area contributed by atoms with Gasteiger partial charge in [0.2, 0.25) is 11.8 Å². The third-order valence-electron chi connectivity index (χ3n) is 2.40. The molecule has 0 heterocycles. The van der Waals surface area contributed by atoms with Gasteiger partial charge in [-0.05, 0) is 26.0 Å². The second-order valence-electron chi connectivity index (χ2n) is 4.33. The van der Waals surface area contributed by atoms with Crippen molar-refractivity contribution in [2.75, 3.05) is 19.8 Å². The van der Waals surface area contributed by atoms with Gasteiger partial charge < -0.3 is 10.2 Å². The maximum absolute atomic E-state index is 11.8. The number of rotatable bonds is 7. The van der Waals surface area contributed by atoms with Crippen LogP contribution in [-0.2, 0) is 9.59 Å². The monoisotopic (exact) mass is 260 g/mol. The predicted octanol–water partition coefficient (Wildman–Crippen LogP) is 1.50. The Bertz CT molecular complexity index is 257. The molecule has 0 fully saturated rings. The molecular formula is C12H24N2O2S. The highest BCUT2D eigenvalue weighted by atomic mass is 32.2. The Balaban J connectivity index is 4.02. The molecule has 0 aliphatic rings. The largest absolute Gasteiger partial charge is 0.347 e. The zero-order chi connectivity index (χ0) is 13.4. The zero-order valence-electron chi connectivity index (χ0n) is 11.4. The van der Waals surface area contributed by atoms with E-state index in [1.807, 2.05) is 6.92 Å². The van der Waals surface area contributed by atoms with Gasteiger partial charge >= 0.3 is 0 Å². The number of nitrogens with zero attached hydrogens (tertiary/aromatic N) is 1. The molecule has 0 unspecified atom stereocenters. The van der Waals surface area contributed by atoms with Crippen molar-refractivity contribution in [1.29, 1.82) is 0 Å². The molecule has 0 rings (SSSR count). The van der Waals surface area contributed by atoms with E-state index in [1.165, 1.54) is 4.90 Å². The minimum absolute atomic E-state index is 0.0613. The summed E-state index contributed by atoms with van der Waals surface area (Å²) in [4.78, 5) is 24.8. The summed E-state index contributed by atoms with van der Waals surface area (Å²) in [5, 5.41) is 2.64. The van der Waals surface area contributed by atoms with Crippen LogP contribution in [0, 0.1) is 0 Å². The van der Waals surface area contributed by atoms with Crippen LogP contribution in [0.25, 0.3) is 0 Å². The summed E-state index contributed by atoms with van der Waals surface area (Å²) in [6.07, 6.45) is 2.26. The number of carbonyl (C=O) groups excluding carboxylic acids is 2. The Morgan fingerprint density at radius 3 is 2.35 bits per heavy atom. The molecule has 1 N–H and O–H groups in total. The van der Waals surface area contributed by atoms with Crippen molar-refractivity contribution < 1.29 is 9.59 Å². The topological polar surface area (TPSA) is 49.4 Å². The Kier molecular flexibility index (Phi) is 8.04. The first-order chi connectivity index (χ1) is 7.90. The van der Waals surface area contributed by atoms with E-state index in [2.05, 4.69) is 12.2 Å². The van der Waals surface area contributed by atoms with Gasteiger partial charge in [0.15, 0.2) is 0 Å². The molecule has 0 aromatic rings. The van der Waals surface area contributed by atoms with Gasteiger partial charge in [0.05, 0.1) is 5.25 Å². The molecule has 100 valence electrons. The van der Waals surface area contributed by atoms with Crippen LogP contribution in [0.1, 0.15) is 33.6 Å². The van der Waals surface area contributed by atoms with Crippen molar-refractivity contribution in [3.8, 4) is 0 Å². The van der Waals surface area contributed by atoms with E-state index in [-0.39, 0.29) is 17.1 Å². The molecule has 0 saturated heterocycles. The average molecular weight is 260 g/mol. The molecule has 0 spiro atoms. The molecular weight excluding hydrogens is 236 g/mol. The van der Waals surface area contributed by atoms with Gasteiger partial charge in [-0.1, -0.05) is 13.3 Å². The number of thioether (sulfide) groups is 1. The minimum atomic E-state index is -0.452. The molecule has 0 radical (unpaired) electrons. The van der Waals surface area contributed by atoms with Crippen LogP contribution in [0.3, 0.4) is 0 Å². The van der Waals surface area contributed by atoms with Crippen LogP contribution in [0.15, 0.2) is 0 Å². The number of carbonyl (C=O) groups is 2. The van der Waals surface area contributed by atoms with E-state index >= 15 is 0 Å².